The van der Waals surface area contributed by atoms with Gasteiger partial charge in [0.05, 0.1) is 6.54 Å². The highest BCUT2D eigenvalue weighted by molar-refractivity contribution is 5.81. The molecule has 2 amide bonds. The summed E-state index contributed by atoms with van der Waals surface area (Å²) >= 11 is 0. The van der Waals surface area contributed by atoms with Gasteiger partial charge in [0.2, 0.25) is 5.91 Å². The Bertz CT molecular complexity index is 213. The van der Waals surface area contributed by atoms with Gasteiger partial charge in [0, 0.05) is 33.1 Å². The zero-order chi connectivity index (χ0) is 10.4. The fourth-order valence-electron chi connectivity index (χ4n) is 1.27. The Morgan fingerprint density at radius 1 is 1.29 bits per heavy atom. The van der Waals surface area contributed by atoms with Gasteiger partial charge < -0.3 is 5.32 Å². The molecule has 14 heavy (non-hydrogen) atoms. The van der Waals surface area contributed by atoms with Crippen LogP contribution in [0.3, 0.4) is 0 Å². The molecule has 0 aliphatic carbocycles. The number of carbonyl (C=O) groups is 2. The number of hydrogen-bond acceptors (Lipinski definition) is 4. The summed E-state index contributed by atoms with van der Waals surface area (Å²) in [6.07, 6.45) is 0. The second-order valence-electron chi connectivity index (χ2n) is 3.26. The lowest BCUT2D eigenvalue weighted by Crippen LogP contribution is -2.50. The van der Waals surface area contributed by atoms with E-state index < -0.39 is 0 Å². The summed E-state index contributed by atoms with van der Waals surface area (Å²) in [5, 5.41) is 3.20. The molecule has 1 heterocycles. The Morgan fingerprint density at radius 2 is 1.93 bits per heavy atom. The molecule has 80 valence electrons. The normalized spacial score (nSPS) is 17.5. The molecule has 0 aromatic heterocycles. The molecule has 0 spiro atoms. The second-order valence-corrected chi connectivity index (χ2v) is 3.26. The molecule has 1 aliphatic rings. The highest BCUT2D eigenvalue weighted by Crippen LogP contribution is 1.90. The third kappa shape index (κ3) is 4.20. The molecule has 1 aliphatic heterocycles. The summed E-state index contributed by atoms with van der Waals surface area (Å²) in [7, 11) is 0. The molecule has 0 atom stereocenters. The van der Waals surface area contributed by atoms with Gasteiger partial charge in [-0.2, -0.15) is 0 Å². The molecule has 0 radical (unpaired) electrons. The van der Waals surface area contributed by atoms with E-state index in [0.717, 1.165) is 26.2 Å². The van der Waals surface area contributed by atoms with Gasteiger partial charge in [-0.05, 0) is 0 Å². The number of piperazine rings is 1. The minimum Gasteiger partial charge on any atom is -0.314 e. The average Bonchev–Trinajstić information content (AvgIpc) is 2.16. The third-order valence-electron chi connectivity index (χ3n) is 1.95. The van der Waals surface area contributed by atoms with Crippen molar-refractivity contribution in [3.63, 3.8) is 0 Å². The van der Waals surface area contributed by atoms with Crippen LogP contribution in [0.25, 0.3) is 0 Å². The van der Waals surface area contributed by atoms with Crippen molar-refractivity contribution < 1.29 is 9.59 Å². The van der Waals surface area contributed by atoms with Gasteiger partial charge in [-0.3, -0.25) is 25.3 Å². The van der Waals surface area contributed by atoms with Gasteiger partial charge in [0.25, 0.3) is 5.91 Å². The van der Waals surface area contributed by atoms with E-state index in [1.54, 1.807) is 0 Å². The third-order valence-corrected chi connectivity index (χ3v) is 1.95. The topological polar surface area (TPSA) is 73.5 Å². The van der Waals surface area contributed by atoms with E-state index in [1.807, 2.05) is 4.90 Å². The van der Waals surface area contributed by atoms with Crippen LogP contribution < -0.4 is 16.2 Å². The van der Waals surface area contributed by atoms with Crippen molar-refractivity contribution in [2.75, 3.05) is 32.7 Å². The highest BCUT2D eigenvalue weighted by atomic mass is 16.2. The Balaban J connectivity index is 2.15. The largest absolute Gasteiger partial charge is 0.314 e. The Kier molecular flexibility index (Phi) is 4.34. The van der Waals surface area contributed by atoms with Gasteiger partial charge in [-0.1, -0.05) is 0 Å². The number of nitrogens with one attached hydrogen (secondary N) is 3. The molecule has 1 rings (SSSR count). The lowest BCUT2D eigenvalue weighted by molar-refractivity contribution is -0.128. The maximum Gasteiger partial charge on any atom is 0.252 e. The zero-order valence-electron chi connectivity index (χ0n) is 8.30. The fourth-order valence-corrected chi connectivity index (χ4v) is 1.27. The Labute approximate surface area is 83.0 Å². The Morgan fingerprint density at radius 3 is 2.50 bits per heavy atom. The number of carbonyl (C=O) groups excluding carboxylic acids is 2. The van der Waals surface area contributed by atoms with Gasteiger partial charge in [-0.15, -0.1) is 0 Å². The van der Waals surface area contributed by atoms with E-state index in [4.69, 9.17) is 0 Å². The molecule has 1 saturated heterocycles. The minimum atomic E-state index is -0.265. The zero-order valence-corrected chi connectivity index (χ0v) is 8.30. The monoisotopic (exact) mass is 200 g/mol. The first kappa shape index (κ1) is 10.9. The molecule has 0 saturated carbocycles. The summed E-state index contributed by atoms with van der Waals surface area (Å²) in [6.45, 7) is 5.24. The fraction of sp³-hybridized carbons (Fsp3) is 0.750. The first-order valence-electron chi connectivity index (χ1n) is 4.67. The molecular formula is C8H16N4O2. The smallest absolute Gasteiger partial charge is 0.252 e. The molecule has 0 unspecified atom stereocenters. The minimum absolute atomic E-state index is 0.179. The molecule has 0 aromatic carbocycles. The van der Waals surface area contributed by atoms with E-state index in [9.17, 15) is 9.59 Å². The van der Waals surface area contributed by atoms with Crippen LogP contribution in [0.4, 0.5) is 0 Å². The van der Waals surface area contributed by atoms with E-state index in [2.05, 4.69) is 16.2 Å². The van der Waals surface area contributed by atoms with Crippen molar-refractivity contribution in [1.82, 2.24) is 21.1 Å². The van der Waals surface area contributed by atoms with E-state index in [-0.39, 0.29) is 11.8 Å². The highest BCUT2D eigenvalue weighted by Gasteiger charge is 2.12. The van der Waals surface area contributed by atoms with Gasteiger partial charge in [0.15, 0.2) is 0 Å². The maximum atomic E-state index is 11.2. The van der Waals surface area contributed by atoms with Crippen molar-refractivity contribution in [2.45, 2.75) is 6.92 Å². The number of amides is 2. The standard InChI is InChI=1S/C8H16N4O2/c1-7(13)10-11-8(14)6-12-4-2-9-3-5-12/h9H,2-6H2,1H3,(H,10,13)(H,11,14). The van der Waals surface area contributed by atoms with Crippen LogP contribution >= 0.6 is 0 Å². The van der Waals surface area contributed by atoms with Crippen LogP contribution in [-0.4, -0.2) is 49.4 Å². The van der Waals surface area contributed by atoms with E-state index >= 15 is 0 Å². The second kappa shape index (κ2) is 5.56. The first-order chi connectivity index (χ1) is 6.68. The van der Waals surface area contributed by atoms with Crippen molar-refractivity contribution in [3.05, 3.63) is 0 Å². The lowest BCUT2D eigenvalue weighted by atomic mass is 10.3. The van der Waals surface area contributed by atoms with Gasteiger partial charge >= 0.3 is 0 Å². The summed E-state index contributed by atoms with van der Waals surface area (Å²) < 4.78 is 0. The molecule has 0 aromatic rings. The van der Waals surface area contributed by atoms with Crippen LogP contribution in [0, 0.1) is 0 Å². The predicted molar refractivity (Wildman–Crippen MR) is 51.3 cm³/mol. The van der Waals surface area contributed by atoms with Crippen molar-refractivity contribution in [1.29, 1.82) is 0 Å². The summed E-state index contributed by atoms with van der Waals surface area (Å²) in [5.74, 6) is -0.444. The first-order valence-corrected chi connectivity index (χ1v) is 4.67. The van der Waals surface area contributed by atoms with Crippen LogP contribution in [0.5, 0.6) is 0 Å². The lowest BCUT2D eigenvalue weighted by Gasteiger charge is -2.26. The molecular weight excluding hydrogens is 184 g/mol. The number of hydrogen-bond donors (Lipinski definition) is 3. The summed E-state index contributed by atoms with van der Waals surface area (Å²) in [5.41, 5.74) is 4.58. The number of nitrogens with zero attached hydrogens (tertiary/aromatic N) is 1. The van der Waals surface area contributed by atoms with Crippen LogP contribution in [-0.2, 0) is 9.59 Å². The van der Waals surface area contributed by atoms with Crippen molar-refractivity contribution in [2.24, 2.45) is 0 Å². The molecule has 3 N–H and O–H groups in total. The quantitative estimate of drug-likeness (QED) is 0.453. The van der Waals surface area contributed by atoms with E-state index in [1.165, 1.54) is 6.92 Å². The molecule has 6 nitrogen and oxygen atoms in total. The van der Waals surface area contributed by atoms with E-state index in [0.29, 0.717) is 6.54 Å². The maximum absolute atomic E-state index is 11.2. The van der Waals surface area contributed by atoms with Crippen LogP contribution in [0.1, 0.15) is 6.92 Å². The van der Waals surface area contributed by atoms with Crippen molar-refractivity contribution in [3.8, 4) is 0 Å². The number of hydrazine groups is 1. The predicted octanol–water partition coefficient (Wildman–Crippen LogP) is -1.94. The van der Waals surface area contributed by atoms with Gasteiger partial charge in [-0.25, -0.2) is 0 Å². The molecule has 6 heteroatoms. The average molecular weight is 200 g/mol. The number of rotatable bonds is 2. The Hall–Kier alpha value is -1.14. The van der Waals surface area contributed by atoms with Crippen LogP contribution in [0.2, 0.25) is 0 Å². The SMILES string of the molecule is CC(=O)NNC(=O)CN1CCNCC1. The molecule has 0 bridgehead atoms. The molecule has 1 fully saturated rings. The van der Waals surface area contributed by atoms with Crippen molar-refractivity contribution >= 4 is 11.8 Å². The van der Waals surface area contributed by atoms with Gasteiger partial charge in [0.1, 0.15) is 0 Å². The van der Waals surface area contributed by atoms with Crippen LogP contribution in [0.15, 0.2) is 0 Å². The summed E-state index contributed by atoms with van der Waals surface area (Å²) in [4.78, 5) is 23.8. The summed E-state index contributed by atoms with van der Waals surface area (Å²) in [6, 6.07) is 0.